The van der Waals surface area contributed by atoms with Gasteiger partial charge in [-0.25, -0.2) is 13.3 Å². The number of nitriles is 1. The summed E-state index contributed by atoms with van der Waals surface area (Å²) in [5, 5.41) is 28.2. The van der Waals surface area contributed by atoms with Crippen LogP contribution in [0.25, 0.3) is 27.5 Å². The highest BCUT2D eigenvalue weighted by atomic mass is 32.1. The molecule has 1 fully saturated rings. The van der Waals surface area contributed by atoms with E-state index in [0.717, 1.165) is 16.9 Å². The molecule has 4 aromatic heterocycles. The summed E-state index contributed by atoms with van der Waals surface area (Å²) in [6, 6.07) is 8.21. The monoisotopic (exact) mass is 509 g/mol. The van der Waals surface area contributed by atoms with E-state index in [1.165, 1.54) is 29.4 Å². The smallest absolute Gasteiger partial charge is 0.285 e. The van der Waals surface area contributed by atoms with Crippen molar-refractivity contribution in [3.05, 3.63) is 42.2 Å². The predicted molar refractivity (Wildman–Crippen MR) is 131 cm³/mol. The minimum absolute atomic E-state index is 0.106. The maximum atomic E-state index is 14.6. The molecule has 1 aliphatic rings. The zero-order valence-corrected chi connectivity index (χ0v) is 20.2. The Bertz CT molecular complexity index is 1490. The summed E-state index contributed by atoms with van der Waals surface area (Å²) in [7, 11) is 1.77. The summed E-state index contributed by atoms with van der Waals surface area (Å²) >= 11 is 1.20. The molecule has 0 aliphatic carbocycles. The van der Waals surface area contributed by atoms with Gasteiger partial charge in [-0.1, -0.05) is 11.3 Å². The van der Waals surface area contributed by atoms with Gasteiger partial charge in [0.05, 0.1) is 46.8 Å². The van der Waals surface area contributed by atoms with Gasteiger partial charge in [0.25, 0.3) is 5.92 Å². The fourth-order valence-corrected chi connectivity index (χ4v) is 5.10. The van der Waals surface area contributed by atoms with E-state index in [0.29, 0.717) is 33.5 Å². The number of aromatic nitrogens is 5. The van der Waals surface area contributed by atoms with Crippen LogP contribution in [0.15, 0.2) is 36.7 Å². The van der Waals surface area contributed by atoms with Crippen molar-refractivity contribution in [3.63, 3.8) is 0 Å². The van der Waals surface area contributed by atoms with Crippen LogP contribution in [0, 0.1) is 11.3 Å². The molecule has 0 radical (unpaired) electrons. The van der Waals surface area contributed by atoms with Crippen molar-refractivity contribution >= 4 is 33.6 Å². The molecule has 1 aliphatic heterocycles. The van der Waals surface area contributed by atoms with Gasteiger partial charge in [-0.15, -0.1) is 10.2 Å². The number of hydrogen-bond donors (Lipinski definition) is 2. The van der Waals surface area contributed by atoms with Crippen molar-refractivity contribution in [3.8, 4) is 28.0 Å². The van der Waals surface area contributed by atoms with E-state index in [4.69, 9.17) is 5.26 Å². The van der Waals surface area contributed by atoms with Gasteiger partial charge in [0.1, 0.15) is 6.07 Å². The lowest BCUT2D eigenvalue weighted by atomic mass is 10.0. The zero-order chi connectivity index (χ0) is 25.4. The molecule has 1 amide bonds. The average molecular weight is 510 g/mol. The fourth-order valence-electron chi connectivity index (χ4n) is 4.21. The number of anilines is 2. The highest BCUT2D eigenvalue weighted by molar-refractivity contribution is 7.18. The maximum Gasteiger partial charge on any atom is 0.285 e. The Morgan fingerprint density at radius 2 is 2.11 bits per heavy atom. The van der Waals surface area contributed by atoms with Crippen molar-refractivity contribution in [1.29, 1.82) is 5.26 Å². The van der Waals surface area contributed by atoms with E-state index < -0.39 is 24.4 Å². The number of amides is 1. The molecule has 4 aromatic rings. The number of nitrogens with zero attached hydrogens (tertiary/aromatic N) is 7. The molecule has 5 heterocycles. The van der Waals surface area contributed by atoms with Gasteiger partial charge in [0.2, 0.25) is 11.0 Å². The average Bonchev–Trinajstić information content (AvgIpc) is 3.51. The lowest BCUT2D eigenvalue weighted by Gasteiger charge is -2.38. The molecule has 10 nitrogen and oxygen atoms in total. The quantitative estimate of drug-likeness (QED) is 0.420. The number of nitrogens with one attached hydrogen (secondary N) is 2. The van der Waals surface area contributed by atoms with E-state index in [9.17, 15) is 13.6 Å². The molecule has 0 aromatic carbocycles. The van der Waals surface area contributed by atoms with Gasteiger partial charge in [-0.2, -0.15) is 10.4 Å². The zero-order valence-electron chi connectivity index (χ0n) is 19.4. The van der Waals surface area contributed by atoms with Gasteiger partial charge in [0, 0.05) is 32.4 Å². The molecule has 36 heavy (non-hydrogen) atoms. The topological polar surface area (TPSA) is 124 Å². The summed E-state index contributed by atoms with van der Waals surface area (Å²) in [4.78, 5) is 17.3. The number of fused-ring (bicyclic) bond motifs is 1. The van der Waals surface area contributed by atoms with E-state index in [1.54, 1.807) is 23.8 Å². The number of hydrogen-bond acceptors (Lipinski definition) is 9. The standard InChI is InChI=1S/C23H21F2N9OS/c1-13(35)30-20-5-6-33(12-23(20,24)25)22-32-31-21(36-22)16-11-28-18(8-17(16)27-2)19-4-3-15-7-14(9-26)10-29-34(15)19/h3-4,7-8,10-11,20H,5-6,12H2,1-2H3,(H,27,28)(H,30,35). The van der Waals surface area contributed by atoms with Crippen molar-refractivity contribution in [2.24, 2.45) is 0 Å². The largest absolute Gasteiger partial charge is 0.387 e. The third kappa shape index (κ3) is 4.31. The van der Waals surface area contributed by atoms with Crippen LogP contribution in [0.4, 0.5) is 19.6 Å². The molecular weight excluding hydrogens is 488 g/mol. The van der Waals surface area contributed by atoms with Crippen LogP contribution in [0.3, 0.4) is 0 Å². The van der Waals surface area contributed by atoms with Crippen LogP contribution >= 0.6 is 11.3 Å². The third-order valence-corrected chi connectivity index (χ3v) is 6.97. The Hall–Kier alpha value is -4.18. The molecule has 5 rings (SSSR count). The first-order chi connectivity index (χ1) is 17.3. The SMILES string of the molecule is CNc1cc(-c2ccc3cc(C#N)cnn23)ncc1-c1nnc(N2CCC(NC(C)=O)C(F)(F)C2)s1. The Morgan fingerprint density at radius 1 is 1.28 bits per heavy atom. The van der Waals surface area contributed by atoms with Gasteiger partial charge in [-0.3, -0.25) is 9.78 Å². The minimum Gasteiger partial charge on any atom is -0.387 e. The second-order valence-corrected chi connectivity index (χ2v) is 9.35. The van der Waals surface area contributed by atoms with E-state index in [-0.39, 0.29) is 6.42 Å². The highest BCUT2D eigenvalue weighted by Gasteiger charge is 2.45. The summed E-state index contributed by atoms with van der Waals surface area (Å²) in [6.45, 7) is 1.01. The third-order valence-electron chi connectivity index (χ3n) is 5.96. The summed E-state index contributed by atoms with van der Waals surface area (Å²) in [5.74, 6) is -3.56. The number of piperidine rings is 1. The second-order valence-electron chi connectivity index (χ2n) is 8.39. The van der Waals surface area contributed by atoms with Gasteiger partial charge in [0.15, 0.2) is 5.01 Å². The normalized spacial score (nSPS) is 17.1. The molecule has 0 saturated carbocycles. The van der Waals surface area contributed by atoms with Crippen LogP contribution in [0.2, 0.25) is 0 Å². The maximum absolute atomic E-state index is 14.6. The van der Waals surface area contributed by atoms with Crippen molar-refractivity contribution in [2.45, 2.75) is 25.3 Å². The summed E-state index contributed by atoms with van der Waals surface area (Å²) < 4.78 is 30.9. The van der Waals surface area contributed by atoms with Crippen LogP contribution in [-0.2, 0) is 4.79 Å². The van der Waals surface area contributed by atoms with Crippen LogP contribution in [-0.4, -0.2) is 62.8 Å². The number of alkyl halides is 2. The van der Waals surface area contributed by atoms with Crippen LogP contribution in [0.1, 0.15) is 18.9 Å². The highest BCUT2D eigenvalue weighted by Crippen LogP contribution is 2.37. The summed E-state index contributed by atoms with van der Waals surface area (Å²) in [5.41, 5.74) is 4.07. The first-order valence-corrected chi connectivity index (χ1v) is 11.9. The molecule has 13 heteroatoms. The lowest BCUT2D eigenvalue weighted by Crippen LogP contribution is -2.58. The predicted octanol–water partition coefficient (Wildman–Crippen LogP) is 3.18. The molecule has 1 unspecified atom stereocenters. The minimum atomic E-state index is -3.09. The fraction of sp³-hybridized carbons (Fsp3) is 0.304. The van der Waals surface area contributed by atoms with Crippen molar-refractivity contribution < 1.29 is 13.6 Å². The van der Waals surface area contributed by atoms with Crippen LogP contribution in [0.5, 0.6) is 0 Å². The number of carbonyl (C=O) groups is 1. The van der Waals surface area contributed by atoms with E-state index >= 15 is 0 Å². The summed E-state index contributed by atoms with van der Waals surface area (Å²) in [6.07, 6.45) is 3.26. The van der Waals surface area contributed by atoms with Gasteiger partial charge in [-0.05, 0) is 30.7 Å². The number of rotatable bonds is 5. The van der Waals surface area contributed by atoms with Gasteiger partial charge < -0.3 is 15.5 Å². The van der Waals surface area contributed by atoms with E-state index in [1.807, 2.05) is 18.2 Å². The molecule has 2 N–H and O–H groups in total. The Morgan fingerprint density at radius 3 is 2.83 bits per heavy atom. The molecule has 184 valence electrons. The molecule has 0 spiro atoms. The Kier molecular flexibility index (Phi) is 5.97. The van der Waals surface area contributed by atoms with Gasteiger partial charge >= 0.3 is 0 Å². The van der Waals surface area contributed by atoms with Crippen molar-refractivity contribution in [1.82, 2.24) is 30.1 Å². The lowest BCUT2D eigenvalue weighted by molar-refractivity contribution is -0.124. The molecule has 1 saturated heterocycles. The first-order valence-electron chi connectivity index (χ1n) is 11.1. The Balaban J connectivity index is 1.41. The van der Waals surface area contributed by atoms with E-state index in [2.05, 4.69) is 37.0 Å². The van der Waals surface area contributed by atoms with Crippen LogP contribution < -0.4 is 15.5 Å². The van der Waals surface area contributed by atoms with Crippen molar-refractivity contribution in [2.75, 3.05) is 30.4 Å². The first kappa shape index (κ1) is 23.6. The molecule has 1 atom stereocenters. The number of halogens is 2. The Labute approximate surface area is 208 Å². The second kappa shape index (κ2) is 9.12. The number of carbonyl (C=O) groups excluding carboxylic acids is 1. The number of pyridine rings is 1. The molecular formula is C23H21F2N9OS. The molecule has 0 bridgehead atoms.